The zero-order chi connectivity index (χ0) is 25.9. The van der Waals surface area contributed by atoms with Crippen LogP contribution < -0.4 is 4.74 Å². The van der Waals surface area contributed by atoms with Crippen LogP contribution in [-0.4, -0.2) is 45.6 Å². The van der Waals surface area contributed by atoms with Gasteiger partial charge in [-0.05, 0) is 61.4 Å². The fourth-order valence-corrected chi connectivity index (χ4v) is 4.61. The van der Waals surface area contributed by atoms with Gasteiger partial charge < -0.3 is 14.2 Å². The molecule has 0 N–H and O–H groups in total. The molecule has 0 aliphatic carbocycles. The summed E-state index contributed by atoms with van der Waals surface area (Å²) in [7, 11) is 0. The Bertz CT molecular complexity index is 1400. The van der Waals surface area contributed by atoms with Crippen LogP contribution in [-0.2, 0) is 0 Å². The Kier molecular flexibility index (Phi) is 7.14. The second-order valence-corrected chi connectivity index (χ2v) is 9.37. The molecule has 1 saturated heterocycles. The van der Waals surface area contributed by atoms with Gasteiger partial charge in [-0.2, -0.15) is 4.98 Å². The Morgan fingerprint density at radius 1 is 1.14 bits per heavy atom. The summed E-state index contributed by atoms with van der Waals surface area (Å²) in [6.45, 7) is 2.86. The molecular formula is C27H23ClF2N4O3. The van der Waals surface area contributed by atoms with Crippen molar-refractivity contribution in [2.45, 2.75) is 19.3 Å². The Hall–Kier alpha value is -3.85. The quantitative estimate of drug-likeness (QED) is 0.322. The van der Waals surface area contributed by atoms with E-state index in [2.05, 4.69) is 15.1 Å². The second kappa shape index (κ2) is 10.6. The molecule has 1 aliphatic heterocycles. The first-order valence-electron chi connectivity index (χ1n) is 11.8. The molecule has 190 valence electrons. The topological polar surface area (TPSA) is 81.4 Å². The molecule has 0 saturated carbocycles. The Morgan fingerprint density at radius 3 is 2.62 bits per heavy atom. The normalized spacial score (nSPS) is 17.6. The van der Waals surface area contributed by atoms with Gasteiger partial charge in [-0.15, -0.1) is 0 Å². The van der Waals surface area contributed by atoms with E-state index in [1.807, 2.05) is 0 Å². The van der Waals surface area contributed by atoms with E-state index in [1.54, 1.807) is 54.3 Å². The molecule has 7 nitrogen and oxygen atoms in total. The van der Waals surface area contributed by atoms with Crippen molar-refractivity contribution in [3.05, 3.63) is 94.4 Å². The summed E-state index contributed by atoms with van der Waals surface area (Å²) in [6, 6.07) is 14.2. The van der Waals surface area contributed by atoms with Crippen LogP contribution in [0.15, 0.2) is 65.3 Å². The number of hydrogen-bond acceptors (Lipinski definition) is 6. The van der Waals surface area contributed by atoms with E-state index in [0.717, 1.165) is 6.07 Å². The van der Waals surface area contributed by atoms with Crippen molar-refractivity contribution in [3.8, 4) is 17.3 Å². The summed E-state index contributed by atoms with van der Waals surface area (Å²) in [6.07, 6.45) is 2.11. The van der Waals surface area contributed by atoms with Crippen LogP contribution in [0, 0.1) is 24.5 Å². The van der Waals surface area contributed by atoms with Crippen molar-refractivity contribution in [2.75, 3.05) is 19.7 Å². The van der Waals surface area contributed by atoms with Crippen LogP contribution >= 0.6 is 11.6 Å². The number of rotatable bonds is 6. The summed E-state index contributed by atoms with van der Waals surface area (Å²) in [5.74, 6) is -0.977. The van der Waals surface area contributed by atoms with Crippen molar-refractivity contribution in [1.82, 2.24) is 20.0 Å². The van der Waals surface area contributed by atoms with Gasteiger partial charge in [0.05, 0.1) is 11.6 Å². The molecule has 1 amide bonds. The number of pyridine rings is 1. The first kappa shape index (κ1) is 24.8. The SMILES string of the molecule is Cc1noc(-c2ccc(C(=O)N3CCC(COc4ccc(Cl)cn4)C(c4ccc(F)c(F)c4)C3)cc2)n1. The monoisotopic (exact) mass is 524 g/mol. The number of halogens is 3. The molecular weight excluding hydrogens is 502 g/mol. The molecule has 0 bridgehead atoms. The lowest BCUT2D eigenvalue weighted by molar-refractivity contribution is 0.0614. The van der Waals surface area contributed by atoms with Crippen LogP contribution in [0.1, 0.15) is 34.1 Å². The van der Waals surface area contributed by atoms with Gasteiger partial charge in [-0.3, -0.25) is 4.79 Å². The summed E-state index contributed by atoms with van der Waals surface area (Å²) in [5.41, 5.74) is 1.82. The standard InChI is InChI=1S/C27H23ClF2N4O3/c1-16-32-26(37-33-16)17-2-4-18(5-3-17)27(35)34-11-10-20(15-36-25-9-7-21(28)13-31-25)22(14-34)19-6-8-23(29)24(30)12-19/h2-9,12-13,20,22H,10-11,14-15H2,1H3. The number of benzene rings is 2. The fraction of sp³-hybridized carbons (Fsp3) is 0.259. The number of ether oxygens (including phenoxy) is 1. The Labute approximate surface area is 217 Å². The lowest BCUT2D eigenvalue weighted by Crippen LogP contribution is -2.44. The first-order chi connectivity index (χ1) is 17.9. The minimum atomic E-state index is -0.924. The van der Waals surface area contributed by atoms with Crippen molar-refractivity contribution in [2.24, 2.45) is 5.92 Å². The lowest BCUT2D eigenvalue weighted by atomic mass is 9.81. The highest BCUT2D eigenvalue weighted by Crippen LogP contribution is 2.34. The van der Waals surface area contributed by atoms with E-state index in [9.17, 15) is 13.6 Å². The summed E-state index contributed by atoms with van der Waals surface area (Å²) in [4.78, 5) is 23.4. The number of likely N-dealkylation sites (tertiary alicyclic amines) is 1. The minimum absolute atomic E-state index is 0.0467. The molecule has 0 spiro atoms. The molecule has 3 heterocycles. The summed E-state index contributed by atoms with van der Waals surface area (Å²) in [5, 5.41) is 4.29. The molecule has 4 aromatic rings. The maximum atomic E-state index is 14.1. The highest BCUT2D eigenvalue weighted by molar-refractivity contribution is 6.30. The predicted octanol–water partition coefficient (Wildman–Crippen LogP) is 5.70. The molecule has 2 aromatic carbocycles. The third-order valence-electron chi connectivity index (χ3n) is 6.47. The molecule has 2 aromatic heterocycles. The van der Waals surface area contributed by atoms with Crippen LogP contribution in [0.3, 0.4) is 0 Å². The molecule has 0 radical (unpaired) electrons. The van der Waals surface area contributed by atoms with Crippen molar-refractivity contribution < 1.29 is 22.8 Å². The summed E-state index contributed by atoms with van der Waals surface area (Å²) < 4.78 is 38.8. The third-order valence-corrected chi connectivity index (χ3v) is 6.69. The average Bonchev–Trinajstić information content (AvgIpc) is 3.36. The van der Waals surface area contributed by atoms with Crippen molar-refractivity contribution in [3.63, 3.8) is 0 Å². The van der Waals surface area contributed by atoms with Crippen LogP contribution in [0.4, 0.5) is 8.78 Å². The number of amides is 1. The minimum Gasteiger partial charge on any atom is -0.477 e. The molecule has 2 atom stereocenters. The largest absolute Gasteiger partial charge is 0.477 e. The fourth-order valence-electron chi connectivity index (χ4n) is 4.50. The van der Waals surface area contributed by atoms with E-state index >= 15 is 0 Å². The molecule has 5 rings (SSSR count). The van der Waals surface area contributed by atoms with Gasteiger partial charge in [0.1, 0.15) is 0 Å². The van der Waals surface area contributed by atoms with E-state index in [1.165, 1.54) is 12.3 Å². The smallest absolute Gasteiger partial charge is 0.257 e. The number of carbonyl (C=O) groups is 1. The van der Waals surface area contributed by atoms with Crippen LogP contribution in [0.5, 0.6) is 5.88 Å². The lowest BCUT2D eigenvalue weighted by Gasteiger charge is -2.39. The Morgan fingerprint density at radius 2 is 1.95 bits per heavy atom. The third kappa shape index (κ3) is 5.61. The second-order valence-electron chi connectivity index (χ2n) is 8.93. The average molecular weight is 525 g/mol. The number of piperidine rings is 1. The maximum absolute atomic E-state index is 14.1. The molecule has 10 heteroatoms. The molecule has 2 unspecified atom stereocenters. The van der Waals surface area contributed by atoms with Crippen molar-refractivity contribution in [1.29, 1.82) is 0 Å². The summed E-state index contributed by atoms with van der Waals surface area (Å²) >= 11 is 5.90. The molecule has 1 aliphatic rings. The van der Waals surface area contributed by atoms with E-state index in [4.69, 9.17) is 20.9 Å². The van der Waals surface area contributed by atoms with Gasteiger partial charge in [-0.1, -0.05) is 22.8 Å². The molecule has 1 fully saturated rings. The highest BCUT2D eigenvalue weighted by Gasteiger charge is 2.34. The van der Waals surface area contributed by atoms with Gasteiger partial charge in [0.2, 0.25) is 5.88 Å². The van der Waals surface area contributed by atoms with Gasteiger partial charge in [0, 0.05) is 48.3 Å². The van der Waals surface area contributed by atoms with E-state index < -0.39 is 11.6 Å². The van der Waals surface area contributed by atoms with Gasteiger partial charge in [0.25, 0.3) is 11.8 Å². The van der Waals surface area contributed by atoms with Crippen LogP contribution in [0.2, 0.25) is 5.02 Å². The number of aryl methyl sites for hydroxylation is 1. The first-order valence-corrected chi connectivity index (χ1v) is 12.1. The number of aromatic nitrogens is 3. The molecule has 37 heavy (non-hydrogen) atoms. The van der Waals surface area contributed by atoms with Gasteiger partial charge >= 0.3 is 0 Å². The van der Waals surface area contributed by atoms with Crippen LogP contribution in [0.25, 0.3) is 11.5 Å². The van der Waals surface area contributed by atoms with E-state index in [0.29, 0.717) is 65.4 Å². The zero-order valence-electron chi connectivity index (χ0n) is 19.9. The van der Waals surface area contributed by atoms with Crippen molar-refractivity contribution >= 4 is 17.5 Å². The van der Waals surface area contributed by atoms with Gasteiger partial charge in [0.15, 0.2) is 17.5 Å². The van der Waals surface area contributed by atoms with Gasteiger partial charge in [-0.25, -0.2) is 13.8 Å². The zero-order valence-corrected chi connectivity index (χ0v) is 20.7. The van der Waals surface area contributed by atoms with E-state index in [-0.39, 0.29) is 17.7 Å². The highest BCUT2D eigenvalue weighted by atomic mass is 35.5. The maximum Gasteiger partial charge on any atom is 0.257 e. The predicted molar refractivity (Wildman–Crippen MR) is 132 cm³/mol. The number of carbonyl (C=O) groups excluding carboxylic acids is 1. The number of hydrogen-bond donors (Lipinski definition) is 0. The Balaban J connectivity index is 1.34. The number of nitrogens with zero attached hydrogens (tertiary/aromatic N) is 4.